The molecule has 0 bridgehead atoms. The molecule has 1 aliphatic heterocycles. The Balaban J connectivity index is 1.38. The number of nitrogens with zero attached hydrogens (tertiary/aromatic N) is 2. The van der Waals surface area contributed by atoms with Crippen LogP contribution < -0.4 is 5.32 Å². The molecular formula is C22H25Cl2N3O2S2. The molecule has 1 fully saturated rings. The Morgan fingerprint density at radius 2 is 1.90 bits per heavy atom. The number of fused-ring (bicyclic) bond motifs is 1. The number of carbonyl (C=O) groups excluding carboxylic acids is 1. The van der Waals surface area contributed by atoms with Crippen LogP contribution in [0.15, 0.2) is 18.2 Å². The summed E-state index contributed by atoms with van der Waals surface area (Å²) in [6.45, 7) is 4.27. The molecule has 0 amide bonds. The van der Waals surface area contributed by atoms with Crippen molar-refractivity contribution in [2.24, 2.45) is 0 Å². The van der Waals surface area contributed by atoms with E-state index in [-0.39, 0.29) is 5.97 Å². The van der Waals surface area contributed by atoms with E-state index < -0.39 is 0 Å². The number of aryl methyl sites for hydroxylation is 1. The number of esters is 1. The molecule has 1 aromatic carbocycles. The third kappa shape index (κ3) is 5.17. The molecule has 0 unspecified atom stereocenters. The highest BCUT2D eigenvalue weighted by Gasteiger charge is 2.27. The molecule has 2 aromatic rings. The Labute approximate surface area is 202 Å². The van der Waals surface area contributed by atoms with Crippen LogP contribution in [0.2, 0.25) is 10.0 Å². The van der Waals surface area contributed by atoms with Gasteiger partial charge in [0.1, 0.15) is 5.00 Å². The number of hydrogen-bond acceptors (Lipinski definition) is 5. The fourth-order valence-electron chi connectivity index (χ4n) is 4.15. The Bertz CT molecular complexity index is 987. The third-order valence-corrected chi connectivity index (χ3v) is 8.14. The predicted molar refractivity (Wildman–Crippen MR) is 132 cm³/mol. The summed E-state index contributed by atoms with van der Waals surface area (Å²) in [7, 11) is 1.43. The molecule has 2 heterocycles. The summed E-state index contributed by atoms with van der Waals surface area (Å²) in [6.07, 6.45) is 4.22. The van der Waals surface area contributed by atoms with Crippen molar-refractivity contribution in [2.45, 2.75) is 32.2 Å². The monoisotopic (exact) mass is 497 g/mol. The first-order valence-electron chi connectivity index (χ1n) is 10.4. The van der Waals surface area contributed by atoms with E-state index in [9.17, 15) is 4.79 Å². The van der Waals surface area contributed by atoms with Crippen molar-refractivity contribution in [1.29, 1.82) is 0 Å². The van der Waals surface area contributed by atoms with E-state index in [1.54, 1.807) is 11.3 Å². The van der Waals surface area contributed by atoms with Gasteiger partial charge < -0.3 is 15.0 Å². The van der Waals surface area contributed by atoms with Gasteiger partial charge in [0.2, 0.25) is 0 Å². The highest BCUT2D eigenvalue weighted by Crippen LogP contribution is 2.38. The second-order valence-electron chi connectivity index (χ2n) is 7.85. The van der Waals surface area contributed by atoms with Crippen molar-refractivity contribution in [3.05, 3.63) is 49.8 Å². The van der Waals surface area contributed by atoms with Crippen LogP contribution in [-0.2, 0) is 24.1 Å². The van der Waals surface area contributed by atoms with Gasteiger partial charge in [0.25, 0.3) is 0 Å². The van der Waals surface area contributed by atoms with Crippen molar-refractivity contribution < 1.29 is 9.53 Å². The van der Waals surface area contributed by atoms with Gasteiger partial charge in [-0.05, 0) is 61.2 Å². The lowest BCUT2D eigenvalue weighted by molar-refractivity contribution is 0.0601. The summed E-state index contributed by atoms with van der Waals surface area (Å²) in [6, 6.07) is 5.78. The molecule has 5 nitrogen and oxygen atoms in total. The Morgan fingerprint density at radius 1 is 1.16 bits per heavy atom. The largest absolute Gasteiger partial charge is 0.465 e. The van der Waals surface area contributed by atoms with Crippen LogP contribution in [0.3, 0.4) is 0 Å². The van der Waals surface area contributed by atoms with Crippen molar-refractivity contribution in [3.63, 3.8) is 0 Å². The van der Waals surface area contributed by atoms with E-state index in [0.29, 0.717) is 20.7 Å². The number of ether oxygens (including phenoxy) is 1. The smallest absolute Gasteiger partial charge is 0.341 e. The maximum absolute atomic E-state index is 12.4. The fraction of sp³-hybridized carbons (Fsp3) is 0.455. The zero-order chi connectivity index (χ0) is 22.0. The first-order valence-corrected chi connectivity index (χ1v) is 12.4. The number of benzene rings is 1. The summed E-state index contributed by atoms with van der Waals surface area (Å²) in [5, 5.41) is 6.00. The lowest BCUT2D eigenvalue weighted by Gasteiger charge is -2.36. The van der Waals surface area contributed by atoms with Crippen LogP contribution in [0, 0.1) is 0 Å². The van der Waals surface area contributed by atoms with E-state index in [0.717, 1.165) is 68.1 Å². The van der Waals surface area contributed by atoms with Crippen molar-refractivity contribution >= 4 is 62.8 Å². The number of hydrogen-bond donors (Lipinski definition) is 1. The molecule has 0 radical (unpaired) electrons. The van der Waals surface area contributed by atoms with Gasteiger partial charge in [-0.2, -0.15) is 0 Å². The minimum atomic E-state index is -0.281. The van der Waals surface area contributed by atoms with Crippen LogP contribution in [0.5, 0.6) is 0 Å². The number of thiocarbonyl (C=S) groups is 1. The van der Waals surface area contributed by atoms with Crippen LogP contribution >= 0.6 is 46.8 Å². The molecule has 1 aliphatic carbocycles. The average molecular weight is 499 g/mol. The molecule has 0 atom stereocenters. The highest BCUT2D eigenvalue weighted by molar-refractivity contribution is 7.80. The molecule has 166 valence electrons. The van der Waals surface area contributed by atoms with Crippen molar-refractivity contribution in [3.8, 4) is 0 Å². The third-order valence-electron chi connectivity index (χ3n) is 5.83. The van der Waals surface area contributed by atoms with Gasteiger partial charge in [-0.15, -0.1) is 11.3 Å². The first kappa shape index (κ1) is 22.8. The molecule has 0 saturated carbocycles. The van der Waals surface area contributed by atoms with E-state index in [1.807, 2.05) is 18.2 Å². The second-order valence-corrected chi connectivity index (χ2v) is 10.2. The molecule has 0 spiro atoms. The van der Waals surface area contributed by atoms with Gasteiger partial charge in [-0.3, -0.25) is 4.90 Å². The molecular weight excluding hydrogens is 473 g/mol. The van der Waals surface area contributed by atoms with E-state index >= 15 is 0 Å². The summed E-state index contributed by atoms with van der Waals surface area (Å²) in [5.74, 6) is -0.281. The van der Waals surface area contributed by atoms with Gasteiger partial charge in [-0.25, -0.2) is 4.79 Å². The number of carbonyl (C=O) groups is 1. The second kappa shape index (κ2) is 10.0. The van der Waals surface area contributed by atoms with Gasteiger partial charge >= 0.3 is 5.97 Å². The lowest BCUT2D eigenvalue weighted by Crippen LogP contribution is -2.49. The van der Waals surface area contributed by atoms with Gasteiger partial charge in [-0.1, -0.05) is 29.3 Å². The first-order chi connectivity index (χ1) is 15.0. The van der Waals surface area contributed by atoms with Gasteiger partial charge in [0, 0.05) is 37.6 Å². The molecule has 2 aliphatic rings. The summed E-state index contributed by atoms with van der Waals surface area (Å²) >= 11 is 19.5. The number of methoxy groups -OCH3 is 1. The van der Waals surface area contributed by atoms with Gasteiger partial charge in [0.05, 0.1) is 22.7 Å². The average Bonchev–Trinajstić information content (AvgIpc) is 3.14. The summed E-state index contributed by atoms with van der Waals surface area (Å²) in [5.41, 5.74) is 2.96. The Hall–Kier alpha value is -1.38. The highest BCUT2D eigenvalue weighted by atomic mass is 35.5. The summed E-state index contributed by atoms with van der Waals surface area (Å²) < 4.78 is 5.06. The number of anilines is 1. The SMILES string of the molecule is COC(=O)c1c(NC(=S)N2CCN(Cc3ccc(Cl)c(Cl)c3)CC2)sc2c1CCCC2. The maximum atomic E-state index is 12.4. The predicted octanol–water partition coefficient (Wildman–Crippen LogP) is 5.23. The lowest BCUT2D eigenvalue weighted by atomic mass is 9.95. The van der Waals surface area contributed by atoms with Crippen LogP contribution in [-0.4, -0.2) is 54.2 Å². The molecule has 31 heavy (non-hydrogen) atoms. The Morgan fingerprint density at radius 3 is 2.61 bits per heavy atom. The van der Waals surface area contributed by atoms with Crippen LogP contribution in [0.25, 0.3) is 0 Å². The van der Waals surface area contributed by atoms with Gasteiger partial charge in [0.15, 0.2) is 5.11 Å². The molecule has 1 N–H and O–H groups in total. The number of piperazine rings is 1. The normalized spacial score (nSPS) is 16.7. The topological polar surface area (TPSA) is 44.8 Å². The number of halogens is 2. The fourth-order valence-corrected chi connectivity index (χ4v) is 6.10. The van der Waals surface area contributed by atoms with Crippen LogP contribution in [0.4, 0.5) is 5.00 Å². The van der Waals surface area contributed by atoms with Crippen LogP contribution in [0.1, 0.15) is 39.2 Å². The van der Waals surface area contributed by atoms with Crippen molar-refractivity contribution in [2.75, 3.05) is 38.6 Å². The molecule has 4 rings (SSSR count). The standard InChI is InChI=1S/C22H25Cl2N3O2S2/c1-29-21(28)19-15-4-2-3-5-18(15)31-20(19)25-22(30)27-10-8-26(9-11-27)13-14-6-7-16(23)17(24)12-14/h6-7,12H,2-5,8-11,13H2,1H3,(H,25,30). The van der Waals surface area contributed by atoms with Crippen molar-refractivity contribution in [1.82, 2.24) is 9.80 Å². The van der Waals surface area contributed by atoms with E-state index in [1.165, 1.54) is 18.4 Å². The molecule has 1 saturated heterocycles. The number of nitrogens with one attached hydrogen (secondary N) is 1. The maximum Gasteiger partial charge on any atom is 0.341 e. The minimum absolute atomic E-state index is 0.281. The summed E-state index contributed by atoms with van der Waals surface area (Å²) in [4.78, 5) is 18.3. The minimum Gasteiger partial charge on any atom is -0.465 e. The number of rotatable bonds is 4. The molecule has 1 aromatic heterocycles. The Kier molecular flexibility index (Phi) is 7.39. The van der Waals surface area contributed by atoms with E-state index in [4.69, 9.17) is 40.2 Å². The zero-order valence-corrected chi connectivity index (χ0v) is 20.5. The number of thiophene rings is 1. The molecule has 9 heteroatoms. The quantitative estimate of drug-likeness (QED) is 0.460. The van der Waals surface area contributed by atoms with E-state index in [2.05, 4.69) is 15.1 Å². The zero-order valence-electron chi connectivity index (χ0n) is 17.4.